The lowest BCUT2D eigenvalue weighted by atomic mass is 10.1. The molecule has 2 amide bonds. The molecule has 0 spiro atoms. The summed E-state index contributed by atoms with van der Waals surface area (Å²) in [5.41, 5.74) is 7.25. The van der Waals surface area contributed by atoms with Gasteiger partial charge < -0.3 is 20.5 Å². The van der Waals surface area contributed by atoms with E-state index in [1.54, 1.807) is 31.4 Å². The van der Waals surface area contributed by atoms with Gasteiger partial charge in [-0.15, -0.1) is 0 Å². The third-order valence-corrected chi connectivity index (χ3v) is 3.75. The first-order valence-corrected chi connectivity index (χ1v) is 8.20. The Morgan fingerprint density at radius 3 is 2.52 bits per heavy atom. The van der Waals surface area contributed by atoms with Crippen molar-refractivity contribution >= 4 is 23.5 Å². The maximum atomic E-state index is 12.0. The van der Waals surface area contributed by atoms with Crippen LogP contribution in [0.25, 0.3) is 0 Å². The van der Waals surface area contributed by atoms with Crippen LogP contribution in [0.15, 0.2) is 48.5 Å². The number of rotatable bonds is 7. The van der Waals surface area contributed by atoms with Gasteiger partial charge in [0.25, 0.3) is 5.91 Å². The molecule has 0 aliphatic rings. The van der Waals surface area contributed by atoms with Crippen molar-refractivity contribution in [2.75, 3.05) is 19.0 Å². The number of nitrogens with one attached hydrogen (secondary N) is 3. The van der Waals surface area contributed by atoms with Gasteiger partial charge in [-0.05, 0) is 48.9 Å². The normalized spacial score (nSPS) is 11.2. The minimum atomic E-state index is -0.755. The molecule has 142 valence electrons. The van der Waals surface area contributed by atoms with Crippen LogP contribution >= 0.6 is 0 Å². The Balaban J connectivity index is 1.80. The lowest BCUT2D eigenvalue weighted by Gasteiger charge is -2.15. The van der Waals surface area contributed by atoms with Gasteiger partial charge in [-0.1, -0.05) is 12.1 Å². The fraction of sp³-hybridized carbons (Fsp3) is 0.211. The van der Waals surface area contributed by atoms with Crippen LogP contribution in [-0.2, 0) is 9.53 Å². The molecule has 2 rings (SSSR count). The molecule has 0 saturated carbocycles. The standard InChI is InChI=1S/C19H22N4O4/c1-12(14-4-3-5-16(10-14)26-2)22-17(24)11-27-19(25)23-15-8-6-13(7-9-15)18(20)21/h3-10,12H,11H2,1-2H3,(H3,20,21)(H,22,24)(H,23,25)/t12-/m1/s1. The van der Waals surface area contributed by atoms with Crippen molar-refractivity contribution in [1.82, 2.24) is 5.32 Å². The molecule has 8 nitrogen and oxygen atoms in total. The summed E-state index contributed by atoms with van der Waals surface area (Å²) >= 11 is 0. The number of anilines is 1. The SMILES string of the molecule is COc1cccc([C@@H](C)NC(=O)COC(=O)Nc2ccc(C(=N)N)cc2)c1. The molecule has 0 heterocycles. The van der Waals surface area contributed by atoms with E-state index < -0.39 is 18.6 Å². The maximum Gasteiger partial charge on any atom is 0.412 e. The Labute approximate surface area is 157 Å². The van der Waals surface area contributed by atoms with E-state index in [4.69, 9.17) is 20.6 Å². The first-order chi connectivity index (χ1) is 12.9. The molecule has 2 aromatic rings. The largest absolute Gasteiger partial charge is 0.497 e. The molecule has 2 aromatic carbocycles. The number of nitrogens with two attached hydrogens (primary N) is 1. The molecule has 0 unspecified atom stereocenters. The number of nitrogen functional groups attached to an aromatic ring is 1. The number of carbonyl (C=O) groups excluding carboxylic acids is 2. The van der Waals surface area contributed by atoms with E-state index in [1.807, 2.05) is 31.2 Å². The zero-order valence-corrected chi connectivity index (χ0v) is 15.1. The highest BCUT2D eigenvalue weighted by Crippen LogP contribution is 2.18. The minimum Gasteiger partial charge on any atom is -0.497 e. The minimum absolute atomic E-state index is 0.0639. The summed E-state index contributed by atoms with van der Waals surface area (Å²) in [5, 5.41) is 12.6. The van der Waals surface area contributed by atoms with Crippen molar-refractivity contribution < 1.29 is 19.1 Å². The lowest BCUT2D eigenvalue weighted by molar-refractivity contribution is -0.124. The molecule has 1 atom stereocenters. The summed E-state index contributed by atoms with van der Waals surface area (Å²) < 4.78 is 10.1. The lowest BCUT2D eigenvalue weighted by Crippen LogP contribution is -2.31. The second-order valence-electron chi connectivity index (χ2n) is 5.76. The highest BCUT2D eigenvalue weighted by atomic mass is 16.6. The van der Waals surface area contributed by atoms with Gasteiger partial charge in [0.2, 0.25) is 0 Å². The third-order valence-electron chi connectivity index (χ3n) is 3.75. The fourth-order valence-corrected chi connectivity index (χ4v) is 2.30. The van der Waals surface area contributed by atoms with E-state index in [-0.39, 0.29) is 11.9 Å². The molecule has 0 aliphatic heterocycles. The van der Waals surface area contributed by atoms with E-state index in [1.165, 1.54) is 0 Å². The molecule has 0 radical (unpaired) electrons. The van der Waals surface area contributed by atoms with E-state index in [0.29, 0.717) is 17.0 Å². The van der Waals surface area contributed by atoms with E-state index in [2.05, 4.69) is 10.6 Å². The van der Waals surface area contributed by atoms with Crippen molar-refractivity contribution in [3.8, 4) is 5.75 Å². The second kappa shape index (κ2) is 9.23. The highest BCUT2D eigenvalue weighted by molar-refractivity contribution is 5.95. The summed E-state index contributed by atoms with van der Waals surface area (Å²) in [4.78, 5) is 23.8. The van der Waals surface area contributed by atoms with Crippen molar-refractivity contribution in [2.45, 2.75) is 13.0 Å². The number of methoxy groups -OCH3 is 1. The van der Waals surface area contributed by atoms with E-state index >= 15 is 0 Å². The molecular weight excluding hydrogens is 348 g/mol. The average molecular weight is 370 g/mol. The van der Waals surface area contributed by atoms with Crippen molar-refractivity contribution in [1.29, 1.82) is 5.41 Å². The molecular formula is C19H22N4O4. The van der Waals surface area contributed by atoms with Gasteiger partial charge in [0, 0.05) is 11.3 Å². The number of hydrogen-bond acceptors (Lipinski definition) is 5. The predicted molar refractivity (Wildman–Crippen MR) is 102 cm³/mol. The Bertz CT molecular complexity index is 821. The quantitative estimate of drug-likeness (QED) is 0.440. The zero-order valence-electron chi connectivity index (χ0n) is 15.1. The summed E-state index contributed by atoms with van der Waals surface area (Å²) in [6.45, 7) is 1.41. The van der Waals surface area contributed by atoms with E-state index in [0.717, 1.165) is 5.56 Å². The molecule has 0 fully saturated rings. The number of amidine groups is 1. The Morgan fingerprint density at radius 1 is 1.19 bits per heavy atom. The summed E-state index contributed by atoms with van der Waals surface area (Å²) in [7, 11) is 1.57. The van der Waals surface area contributed by atoms with Crippen LogP contribution < -0.4 is 21.1 Å². The predicted octanol–water partition coefficient (Wildman–Crippen LogP) is 2.41. The first-order valence-electron chi connectivity index (χ1n) is 8.20. The summed E-state index contributed by atoms with van der Waals surface area (Å²) in [6, 6.07) is 13.4. The van der Waals surface area contributed by atoms with Crippen LogP contribution in [0.4, 0.5) is 10.5 Å². The van der Waals surface area contributed by atoms with Gasteiger partial charge in [0.15, 0.2) is 6.61 Å². The molecule has 0 bridgehead atoms. The van der Waals surface area contributed by atoms with Crippen molar-refractivity contribution in [3.05, 3.63) is 59.7 Å². The third kappa shape index (κ3) is 6.03. The maximum absolute atomic E-state index is 12.0. The van der Waals surface area contributed by atoms with Gasteiger partial charge in [0.05, 0.1) is 13.2 Å². The monoisotopic (exact) mass is 370 g/mol. The van der Waals surface area contributed by atoms with Crippen LogP contribution in [0.5, 0.6) is 5.75 Å². The molecule has 0 saturated heterocycles. The number of hydrogen-bond donors (Lipinski definition) is 4. The van der Waals surface area contributed by atoms with Gasteiger partial charge >= 0.3 is 6.09 Å². The fourth-order valence-electron chi connectivity index (χ4n) is 2.30. The van der Waals surface area contributed by atoms with Crippen LogP contribution in [0.1, 0.15) is 24.1 Å². The van der Waals surface area contributed by atoms with Gasteiger partial charge in [-0.25, -0.2) is 4.79 Å². The van der Waals surface area contributed by atoms with Gasteiger partial charge in [-0.2, -0.15) is 0 Å². The topological polar surface area (TPSA) is 127 Å². The molecule has 8 heteroatoms. The van der Waals surface area contributed by atoms with Crippen LogP contribution in [0.2, 0.25) is 0 Å². The first kappa shape index (κ1) is 19.8. The molecule has 0 aromatic heterocycles. The van der Waals surface area contributed by atoms with Crippen molar-refractivity contribution in [2.24, 2.45) is 5.73 Å². The number of ether oxygens (including phenoxy) is 2. The van der Waals surface area contributed by atoms with Crippen LogP contribution in [0.3, 0.4) is 0 Å². The number of amides is 2. The number of carbonyl (C=O) groups is 2. The molecule has 27 heavy (non-hydrogen) atoms. The highest BCUT2D eigenvalue weighted by Gasteiger charge is 2.12. The number of benzene rings is 2. The molecule has 5 N–H and O–H groups in total. The Hall–Kier alpha value is -3.55. The Kier molecular flexibility index (Phi) is 6.76. The zero-order chi connectivity index (χ0) is 19.8. The van der Waals surface area contributed by atoms with Crippen molar-refractivity contribution in [3.63, 3.8) is 0 Å². The summed E-state index contributed by atoms with van der Waals surface area (Å²) in [6.07, 6.45) is -0.755. The van der Waals surface area contributed by atoms with Crippen LogP contribution in [0, 0.1) is 5.41 Å². The van der Waals surface area contributed by atoms with Crippen LogP contribution in [-0.4, -0.2) is 31.6 Å². The summed E-state index contributed by atoms with van der Waals surface area (Å²) in [5.74, 6) is 0.207. The molecule has 0 aliphatic carbocycles. The van der Waals surface area contributed by atoms with Gasteiger partial charge in [0.1, 0.15) is 11.6 Å². The Morgan fingerprint density at radius 2 is 1.89 bits per heavy atom. The average Bonchev–Trinajstić information content (AvgIpc) is 2.66. The second-order valence-corrected chi connectivity index (χ2v) is 5.76. The van der Waals surface area contributed by atoms with Gasteiger partial charge in [-0.3, -0.25) is 15.5 Å². The smallest absolute Gasteiger partial charge is 0.412 e. The van der Waals surface area contributed by atoms with E-state index in [9.17, 15) is 9.59 Å².